The second-order valence-electron chi connectivity index (χ2n) is 5.07. The summed E-state index contributed by atoms with van der Waals surface area (Å²) in [6.07, 6.45) is 1.83. The van der Waals surface area contributed by atoms with Crippen LogP contribution in [-0.2, 0) is 9.84 Å². The Hall–Kier alpha value is -1.01. The number of halogens is 2. The molecular formula is C14H19F2NO2S. The van der Waals surface area contributed by atoms with E-state index in [1.165, 1.54) is 6.07 Å². The summed E-state index contributed by atoms with van der Waals surface area (Å²) in [5.41, 5.74) is -0.162. The number of hydrogen-bond donors (Lipinski definition) is 1. The first kappa shape index (κ1) is 15.4. The molecule has 1 heterocycles. The second kappa shape index (κ2) is 6.18. The van der Waals surface area contributed by atoms with Crippen LogP contribution in [0.15, 0.2) is 18.2 Å². The molecule has 0 aromatic heterocycles. The molecule has 2 atom stereocenters. The van der Waals surface area contributed by atoms with Gasteiger partial charge < -0.3 is 5.32 Å². The van der Waals surface area contributed by atoms with Gasteiger partial charge in [-0.1, -0.05) is 19.4 Å². The van der Waals surface area contributed by atoms with Crippen LogP contribution in [0, 0.1) is 11.6 Å². The average Bonchev–Trinajstić information content (AvgIpc) is 2.37. The highest BCUT2D eigenvalue weighted by molar-refractivity contribution is 7.92. The molecule has 0 bridgehead atoms. The first-order valence-electron chi connectivity index (χ1n) is 6.86. The molecule has 112 valence electrons. The molecule has 2 unspecified atom stereocenters. The molecule has 1 aromatic rings. The Bertz CT molecular complexity index is 554. The van der Waals surface area contributed by atoms with Crippen LogP contribution in [0.4, 0.5) is 8.78 Å². The van der Waals surface area contributed by atoms with Crippen molar-refractivity contribution in [2.75, 3.05) is 12.3 Å². The zero-order valence-electron chi connectivity index (χ0n) is 11.4. The fourth-order valence-corrected chi connectivity index (χ4v) is 4.88. The summed E-state index contributed by atoms with van der Waals surface area (Å²) in [7, 11) is -3.32. The molecule has 0 aliphatic carbocycles. The monoisotopic (exact) mass is 303 g/mol. The van der Waals surface area contributed by atoms with Crippen molar-refractivity contribution < 1.29 is 17.2 Å². The van der Waals surface area contributed by atoms with Crippen LogP contribution in [0.5, 0.6) is 0 Å². The summed E-state index contributed by atoms with van der Waals surface area (Å²) >= 11 is 0. The Balaban J connectivity index is 2.46. The van der Waals surface area contributed by atoms with E-state index in [0.717, 1.165) is 18.6 Å². The maximum Gasteiger partial charge on any atom is 0.155 e. The van der Waals surface area contributed by atoms with Crippen molar-refractivity contribution in [3.63, 3.8) is 0 Å². The van der Waals surface area contributed by atoms with Gasteiger partial charge in [0.1, 0.15) is 11.6 Å². The van der Waals surface area contributed by atoms with Crippen molar-refractivity contribution in [3.8, 4) is 0 Å². The van der Waals surface area contributed by atoms with Gasteiger partial charge in [0.05, 0.1) is 17.0 Å². The normalized spacial score (nSPS) is 23.4. The van der Waals surface area contributed by atoms with Gasteiger partial charge in [-0.15, -0.1) is 0 Å². The van der Waals surface area contributed by atoms with Crippen molar-refractivity contribution in [3.05, 3.63) is 35.4 Å². The summed E-state index contributed by atoms with van der Waals surface area (Å²) in [6, 6.07) is 2.79. The van der Waals surface area contributed by atoms with Crippen LogP contribution >= 0.6 is 0 Å². The summed E-state index contributed by atoms with van der Waals surface area (Å²) in [4.78, 5) is 0. The third-order valence-electron chi connectivity index (χ3n) is 3.74. The lowest BCUT2D eigenvalue weighted by atomic mass is 9.98. The molecule has 1 aliphatic rings. The maximum absolute atomic E-state index is 14.0. The fourth-order valence-electron chi connectivity index (χ4n) is 2.80. The van der Waals surface area contributed by atoms with Crippen molar-refractivity contribution in [1.82, 2.24) is 5.32 Å². The smallest absolute Gasteiger partial charge is 0.155 e. The Morgan fingerprint density at radius 2 is 1.95 bits per heavy atom. The quantitative estimate of drug-likeness (QED) is 0.930. The Morgan fingerprint density at radius 1 is 1.30 bits per heavy atom. The van der Waals surface area contributed by atoms with E-state index in [0.29, 0.717) is 19.4 Å². The first-order chi connectivity index (χ1) is 9.47. The summed E-state index contributed by atoms with van der Waals surface area (Å²) < 4.78 is 52.3. The standard InChI is InChI=1S/C14H19F2NO2S/c1-2-17-14(12-8-3-4-9-20(12,18)19)13-10(15)6-5-7-11(13)16/h5-7,12,14,17H,2-4,8-9H2,1H3. The average molecular weight is 303 g/mol. The van der Waals surface area contributed by atoms with Gasteiger partial charge in [-0.2, -0.15) is 0 Å². The van der Waals surface area contributed by atoms with E-state index in [1.807, 2.05) is 0 Å². The lowest BCUT2D eigenvalue weighted by Crippen LogP contribution is -2.41. The topological polar surface area (TPSA) is 46.2 Å². The molecule has 0 radical (unpaired) electrons. The SMILES string of the molecule is CCNC(c1c(F)cccc1F)C1CCCCS1(=O)=O. The zero-order valence-corrected chi connectivity index (χ0v) is 12.2. The molecule has 1 N–H and O–H groups in total. The van der Waals surface area contributed by atoms with E-state index in [1.54, 1.807) is 6.92 Å². The van der Waals surface area contributed by atoms with E-state index in [-0.39, 0.29) is 11.3 Å². The lowest BCUT2D eigenvalue weighted by Gasteiger charge is -2.31. The third-order valence-corrected chi connectivity index (χ3v) is 6.02. The van der Waals surface area contributed by atoms with Gasteiger partial charge in [0.2, 0.25) is 0 Å². The van der Waals surface area contributed by atoms with Gasteiger partial charge in [-0.05, 0) is 31.5 Å². The van der Waals surface area contributed by atoms with E-state index in [2.05, 4.69) is 5.32 Å². The molecule has 6 heteroatoms. The second-order valence-corrected chi connectivity index (χ2v) is 7.41. The summed E-state index contributed by atoms with van der Waals surface area (Å²) in [5.74, 6) is -1.30. The number of benzene rings is 1. The summed E-state index contributed by atoms with van der Waals surface area (Å²) in [5, 5.41) is 2.19. The van der Waals surface area contributed by atoms with Crippen LogP contribution < -0.4 is 5.32 Å². The van der Waals surface area contributed by atoms with Crippen LogP contribution in [-0.4, -0.2) is 26.0 Å². The molecule has 1 aromatic carbocycles. The minimum absolute atomic E-state index is 0.0929. The Morgan fingerprint density at radius 3 is 2.50 bits per heavy atom. The number of nitrogens with one attached hydrogen (secondary N) is 1. The van der Waals surface area contributed by atoms with E-state index in [9.17, 15) is 17.2 Å². The molecule has 1 aliphatic heterocycles. The minimum Gasteiger partial charge on any atom is -0.309 e. The molecule has 0 spiro atoms. The molecule has 0 saturated carbocycles. The number of rotatable bonds is 4. The van der Waals surface area contributed by atoms with Gasteiger partial charge in [0.25, 0.3) is 0 Å². The van der Waals surface area contributed by atoms with E-state index >= 15 is 0 Å². The Labute approximate surface area is 118 Å². The maximum atomic E-state index is 14.0. The largest absolute Gasteiger partial charge is 0.309 e. The Kier molecular flexibility index (Phi) is 4.75. The van der Waals surface area contributed by atoms with Gasteiger partial charge >= 0.3 is 0 Å². The molecule has 1 fully saturated rings. The number of hydrogen-bond acceptors (Lipinski definition) is 3. The van der Waals surface area contributed by atoms with Crippen molar-refractivity contribution in [2.24, 2.45) is 0 Å². The lowest BCUT2D eigenvalue weighted by molar-refractivity contribution is 0.423. The third kappa shape index (κ3) is 3.01. The summed E-state index contributed by atoms with van der Waals surface area (Å²) in [6.45, 7) is 2.24. The minimum atomic E-state index is -3.32. The molecular weight excluding hydrogens is 284 g/mol. The van der Waals surface area contributed by atoms with Gasteiger partial charge in [-0.3, -0.25) is 0 Å². The predicted molar refractivity (Wildman–Crippen MR) is 74.2 cm³/mol. The van der Waals surface area contributed by atoms with Crippen molar-refractivity contribution >= 4 is 9.84 Å². The van der Waals surface area contributed by atoms with Crippen molar-refractivity contribution in [1.29, 1.82) is 0 Å². The number of sulfone groups is 1. The van der Waals surface area contributed by atoms with Crippen LogP contribution in [0.25, 0.3) is 0 Å². The van der Waals surface area contributed by atoms with Gasteiger partial charge in [0.15, 0.2) is 9.84 Å². The first-order valence-corrected chi connectivity index (χ1v) is 8.57. The van der Waals surface area contributed by atoms with Crippen LogP contribution in [0.3, 0.4) is 0 Å². The van der Waals surface area contributed by atoms with Crippen LogP contribution in [0.2, 0.25) is 0 Å². The highest BCUT2D eigenvalue weighted by Crippen LogP contribution is 2.33. The molecule has 3 nitrogen and oxygen atoms in total. The molecule has 20 heavy (non-hydrogen) atoms. The highest BCUT2D eigenvalue weighted by Gasteiger charge is 2.38. The van der Waals surface area contributed by atoms with E-state index < -0.39 is 32.8 Å². The van der Waals surface area contributed by atoms with Gasteiger partial charge in [0, 0.05) is 5.56 Å². The molecule has 1 saturated heterocycles. The predicted octanol–water partition coefficient (Wildman–Crippen LogP) is 2.58. The van der Waals surface area contributed by atoms with E-state index in [4.69, 9.17) is 0 Å². The molecule has 0 amide bonds. The highest BCUT2D eigenvalue weighted by atomic mass is 32.2. The van der Waals surface area contributed by atoms with Crippen LogP contribution in [0.1, 0.15) is 37.8 Å². The zero-order chi connectivity index (χ0) is 14.8. The molecule has 2 rings (SSSR count). The van der Waals surface area contributed by atoms with Gasteiger partial charge in [-0.25, -0.2) is 17.2 Å². The van der Waals surface area contributed by atoms with Crippen molar-refractivity contribution in [2.45, 2.75) is 37.5 Å². The fraction of sp³-hybridized carbons (Fsp3) is 0.571.